The standard InChI is InChI=1S/C33H35N7O4S/c1-3-16-40(33(43)35-20-24-12-14-26(44-2)15-13-24)39-18-17-38(21-25-10-7-11-28-30(25)37-32(34)45-28)31(42)27(36-29(41)22-39)19-23-8-5-4-6-9-23/h1,4-15,27H,16-22H2,2H3,(H2,34,37)(H,35,43)(H,36,41)/t27-/m0/s1. The smallest absolute Gasteiger partial charge is 0.333 e. The molecule has 4 N–H and O–H groups in total. The van der Waals surface area contributed by atoms with Crippen LogP contribution in [-0.2, 0) is 29.1 Å². The number of hydrazine groups is 1. The van der Waals surface area contributed by atoms with Crippen LogP contribution in [0, 0.1) is 12.3 Å². The number of para-hydroxylation sites is 1. The molecule has 0 spiro atoms. The molecule has 0 unspecified atom stereocenters. The minimum atomic E-state index is -0.815. The third-order valence-electron chi connectivity index (χ3n) is 7.48. The lowest BCUT2D eigenvalue weighted by atomic mass is 10.0. The number of fused-ring (bicyclic) bond motifs is 1. The van der Waals surface area contributed by atoms with Gasteiger partial charge in [0.1, 0.15) is 11.8 Å². The molecule has 1 atom stereocenters. The van der Waals surface area contributed by atoms with Gasteiger partial charge in [-0.1, -0.05) is 71.9 Å². The van der Waals surface area contributed by atoms with Crippen LogP contribution in [0.5, 0.6) is 5.75 Å². The van der Waals surface area contributed by atoms with Crippen LogP contribution in [0.3, 0.4) is 0 Å². The Bertz CT molecular complexity index is 1690. The van der Waals surface area contributed by atoms with Gasteiger partial charge in [-0.2, -0.15) is 0 Å². The van der Waals surface area contributed by atoms with Gasteiger partial charge in [-0.3, -0.25) is 9.59 Å². The number of carbonyl (C=O) groups is 3. The van der Waals surface area contributed by atoms with Crippen molar-refractivity contribution in [2.75, 3.05) is 39.0 Å². The van der Waals surface area contributed by atoms with Gasteiger partial charge in [0.25, 0.3) is 0 Å². The third kappa shape index (κ3) is 7.89. The van der Waals surface area contributed by atoms with Crippen molar-refractivity contribution in [2.45, 2.75) is 25.6 Å². The summed E-state index contributed by atoms with van der Waals surface area (Å²) in [6.45, 7) is 0.663. The first-order chi connectivity index (χ1) is 21.8. The van der Waals surface area contributed by atoms with E-state index in [-0.39, 0.29) is 45.2 Å². The number of nitrogens with zero attached hydrogens (tertiary/aromatic N) is 4. The molecule has 1 aliphatic heterocycles. The first-order valence-corrected chi connectivity index (χ1v) is 15.3. The largest absolute Gasteiger partial charge is 0.497 e. The van der Waals surface area contributed by atoms with Gasteiger partial charge in [0.2, 0.25) is 11.8 Å². The first kappa shape index (κ1) is 31.3. The van der Waals surface area contributed by atoms with Crippen molar-refractivity contribution >= 4 is 44.5 Å². The number of nitrogens with one attached hydrogen (secondary N) is 2. The first-order valence-electron chi connectivity index (χ1n) is 14.5. The lowest BCUT2D eigenvalue weighted by Gasteiger charge is -2.34. The van der Waals surface area contributed by atoms with Gasteiger partial charge in [0.15, 0.2) is 5.13 Å². The maximum atomic E-state index is 14.1. The van der Waals surface area contributed by atoms with Crippen molar-refractivity contribution in [3.8, 4) is 18.1 Å². The Morgan fingerprint density at radius 2 is 1.89 bits per heavy atom. The van der Waals surface area contributed by atoms with E-state index in [1.807, 2.05) is 72.8 Å². The summed E-state index contributed by atoms with van der Waals surface area (Å²) >= 11 is 1.38. The average Bonchev–Trinajstić information content (AvgIpc) is 3.46. The summed E-state index contributed by atoms with van der Waals surface area (Å²) in [6.07, 6.45) is 5.98. The zero-order valence-electron chi connectivity index (χ0n) is 24.9. The summed E-state index contributed by atoms with van der Waals surface area (Å²) in [5, 5.41) is 9.18. The van der Waals surface area contributed by atoms with E-state index >= 15 is 0 Å². The number of anilines is 1. The van der Waals surface area contributed by atoms with Crippen LogP contribution in [0.2, 0.25) is 0 Å². The second kappa shape index (κ2) is 14.6. The molecule has 1 fully saturated rings. The molecular weight excluding hydrogens is 590 g/mol. The lowest BCUT2D eigenvalue weighted by molar-refractivity contribution is -0.136. The van der Waals surface area contributed by atoms with Crippen LogP contribution in [0.25, 0.3) is 10.2 Å². The van der Waals surface area contributed by atoms with Gasteiger partial charge in [-0.05, 0) is 34.9 Å². The van der Waals surface area contributed by atoms with Crippen molar-refractivity contribution < 1.29 is 19.1 Å². The molecule has 1 aliphatic rings. The van der Waals surface area contributed by atoms with Gasteiger partial charge in [0.05, 0.1) is 30.4 Å². The summed E-state index contributed by atoms with van der Waals surface area (Å²) in [6, 6.07) is 21.3. The van der Waals surface area contributed by atoms with Crippen LogP contribution in [0.4, 0.5) is 9.93 Å². The van der Waals surface area contributed by atoms with Crippen molar-refractivity contribution in [3.63, 3.8) is 0 Å². The fraction of sp³-hybridized carbons (Fsp3) is 0.273. The molecule has 4 aromatic rings. The van der Waals surface area contributed by atoms with Gasteiger partial charge in [-0.25, -0.2) is 19.8 Å². The number of terminal acetylenes is 1. The summed E-state index contributed by atoms with van der Waals surface area (Å²) in [5.41, 5.74) is 9.35. The number of aromatic nitrogens is 1. The quantitative estimate of drug-likeness (QED) is 0.244. The van der Waals surface area contributed by atoms with Gasteiger partial charge < -0.3 is 26.0 Å². The van der Waals surface area contributed by atoms with Crippen LogP contribution < -0.4 is 21.1 Å². The number of carbonyl (C=O) groups excluding carboxylic acids is 3. The van der Waals surface area contributed by atoms with E-state index in [1.54, 1.807) is 17.0 Å². The zero-order valence-corrected chi connectivity index (χ0v) is 25.8. The number of thiazole rings is 1. The van der Waals surface area contributed by atoms with Gasteiger partial charge in [0, 0.05) is 32.6 Å². The Morgan fingerprint density at radius 1 is 1.11 bits per heavy atom. The number of rotatable bonds is 9. The Balaban J connectivity index is 1.40. The van der Waals surface area contributed by atoms with Gasteiger partial charge >= 0.3 is 6.03 Å². The number of methoxy groups -OCH3 is 1. The van der Waals surface area contributed by atoms with Crippen LogP contribution in [-0.4, -0.2) is 77.1 Å². The summed E-state index contributed by atoms with van der Waals surface area (Å²) in [4.78, 5) is 47.1. The second-order valence-corrected chi connectivity index (χ2v) is 11.6. The monoisotopic (exact) mass is 625 g/mol. The molecule has 3 aromatic carbocycles. The number of hydrogen-bond donors (Lipinski definition) is 3. The number of ether oxygens (including phenoxy) is 1. The van der Waals surface area contributed by atoms with Crippen LogP contribution in [0.15, 0.2) is 72.8 Å². The van der Waals surface area contributed by atoms with E-state index in [0.717, 1.165) is 26.9 Å². The molecule has 12 heteroatoms. The molecule has 45 heavy (non-hydrogen) atoms. The molecule has 5 rings (SSSR count). The van der Waals surface area contributed by atoms with Gasteiger partial charge in [-0.15, -0.1) is 6.42 Å². The fourth-order valence-corrected chi connectivity index (χ4v) is 6.00. The molecule has 0 saturated carbocycles. The lowest BCUT2D eigenvalue weighted by Crippen LogP contribution is -2.55. The van der Waals surface area contributed by atoms with E-state index in [2.05, 4.69) is 21.5 Å². The predicted octanol–water partition coefficient (Wildman–Crippen LogP) is 3.02. The van der Waals surface area contributed by atoms with E-state index in [9.17, 15) is 14.4 Å². The van der Waals surface area contributed by atoms with E-state index in [1.165, 1.54) is 16.3 Å². The molecule has 1 saturated heterocycles. The minimum absolute atomic E-state index is 0.0689. The van der Waals surface area contributed by atoms with Crippen LogP contribution >= 0.6 is 11.3 Å². The Kier molecular flexibility index (Phi) is 10.1. The summed E-state index contributed by atoms with van der Waals surface area (Å²) in [7, 11) is 1.59. The summed E-state index contributed by atoms with van der Waals surface area (Å²) in [5.74, 6) is 2.60. The van der Waals surface area contributed by atoms with E-state index in [4.69, 9.17) is 16.9 Å². The average molecular weight is 626 g/mol. The number of nitrogens with two attached hydrogens (primary N) is 1. The fourth-order valence-electron chi connectivity index (χ4n) is 5.22. The Labute approximate surface area is 265 Å². The summed E-state index contributed by atoms with van der Waals surface area (Å²) < 4.78 is 6.13. The Morgan fingerprint density at radius 3 is 2.62 bits per heavy atom. The van der Waals surface area contributed by atoms with Crippen molar-refractivity contribution in [2.24, 2.45) is 0 Å². The third-order valence-corrected chi connectivity index (χ3v) is 8.33. The highest BCUT2D eigenvalue weighted by Crippen LogP contribution is 2.27. The molecule has 0 aliphatic carbocycles. The van der Waals surface area contributed by atoms with Crippen molar-refractivity contribution in [1.82, 2.24) is 30.5 Å². The second-order valence-electron chi connectivity index (χ2n) is 10.5. The molecule has 2 heterocycles. The molecular formula is C33H35N7O4S. The number of urea groups is 1. The van der Waals surface area contributed by atoms with E-state index < -0.39 is 18.0 Å². The maximum Gasteiger partial charge on any atom is 0.333 e. The normalized spacial score (nSPS) is 15.8. The van der Waals surface area contributed by atoms with Crippen molar-refractivity contribution in [3.05, 3.63) is 89.5 Å². The topological polar surface area (TPSA) is 133 Å². The van der Waals surface area contributed by atoms with Crippen LogP contribution in [0.1, 0.15) is 16.7 Å². The maximum absolute atomic E-state index is 14.1. The number of nitrogen functional groups attached to an aromatic ring is 1. The van der Waals surface area contributed by atoms with E-state index in [0.29, 0.717) is 17.3 Å². The SMILES string of the molecule is C#CCN(C(=O)NCc1ccc(OC)cc1)N1CCN(Cc2cccc3sc(N)nc23)C(=O)[C@H](Cc2ccccc2)NC(=O)C1. The molecule has 1 aromatic heterocycles. The molecule has 4 amide bonds. The highest BCUT2D eigenvalue weighted by molar-refractivity contribution is 7.22. The number of amides is 4. The number of hydrogen-bond acceptors (Lipinski definition) is 8. The highest BCUT2D eigenvalue weighted by Gasteiger charge is 2.32. The molecule has 232 valence electrons. The Hall–Kier alpha value is -5.12. The van der Waals surface area contributed by atoms with Crippen molar-refractivity contribution in [1.29, 1.82) is 0 Å². The minimum Gasteiger partial charge on any atom is -0.497 e. The molecule has 0 bridgehead atoms. The molecule has 0 radical (unpaired) electrons. The number of benzene rings is 3. The zero-order chi connectivity index (χ0) is 31.8. The predicted molar refractivity (Wildman–Crippen MR) is 174 cm³/mol. The molecule has 11 nitrogen and oxygen atoms in total. The highest BCUT2D eigenvalue weighted by atomic mass is 32.1.